The van der Waals surface area contributed by atoms with Crippen molar-refractivity contribution in [3.8, 4) is 16.9 Å². The van der Waals surface area contributed by atoms with Gasteiger partial charge in [0.1, 0.15) is 5.75 Å². The minimum atomic E-state index is 0.571. The second-order valence-electron chi connectivity index (χ2n) is 5.80. The summed E-state index contributed by atoms with van der Waals surface area (Å²) in [6.07, 6.45) is 2.56. The van der Waals surface area contributed by atoms with Gasteiger partial charge < -0.3 is 10.1 Å². The fourth-order valence-electron chi connectivity index (χ4n) is 3.65. The molecule has 1 heterocycles. The molecular weight excluding hydrogens is 246 g/mol. The summed E-state index contributed by atoms with van der Waals surface area (Å²) in [4.78, 5) is 0. The Hall–Kier alpha value is -1.80. The highest BCUT2D eigenvalue weighted by Gasteiger charge is 2.33. The standard InChI is InChI=1S/C18H19NO/c1-20-15-5-2-12(3-6-15)13-4-7-16-14-8-9-19-18(11-14)17(16)10-13/h2-7,10,14,18-19H,8-9,11H2,1H3/t14?,18-/m1/s1. The van der Waals surface area contributed by atoms with Gasteiger partial charge in [-0.05, 0) is 65.8 Å². The quantitative estimate of drug-likeness (QED) is 0.889. The maximum atomic E-state index is 5.23. The summed E-state index contributed by atoms with van der Waals surface area (Å²) >= 11 is 0. The Morgan fingerprint density at radius 3 is 2.60 bits per heavy atom. The molecule has 1 unspecified atom stereocenters. The third kappa shape index (κ3) is 1.83. The van der Waals surface area contributed by atoms with Gasteiger partial charge >= 0.3 is 0 Å². The molecule has 2 bridgehead atoms. The summed E-state index contributed by atoms with van der Waals surface area (Å²) < 4.78 is 5.23. The number of hydrogen-bond acceptors (Lipinski definition) is 2. The first-order valence-corrected chi connectivity index (χ1v) is 7.37. The second-order valence-corrected chi connectivity index (χ2v) is 5.80. The van der Waals surface area contributed by atoms with Crippen LogP contribution in [0.15, 0.2) is 42.5 Å². The van der Waals surface area contributed by atoms with Crippen LogP contribution in [-0.4, -0.2) is 13.7 Å². The Balaban J connectivity index is 1.73. The van der Waals surface area contributed by atoms with Crippen molar-refractivity contribution < 1.29 is 4.74 Å². The molecule has 2 heteroatoms. The molecule has 2 nitrogen and oxygen atoms in total. The van der Waals surface area contributed by atoms with Gasteiger partial charge in [0.25, 0.3) is 0 Å². The van der Waals surface area contributed by atoms with Crippen LogP contribution in [0.3, 0.4) is 0 Å². The summed E-state index contributed by atoms with van der Waals surface area (Å²) in [5, 5.41) is 3.64. The van der Waals surface area contributed by atoms with Crippen molar-refractivity contribution in [2.24, 2.45) is 0 Å². The molecule has 0 aromatic heterocycles. The lowest BCUT2D eigenvalue weighted by molar-refractivity contribution is 0.410. The Morgan fingerprint density at radius 2 is 1.80 bits per heavy atom. The highest BCUT2D eigenvalue weighted by atomic mass is 16.5. The average molecular weight is 265 g/mol. The Kier molecular flexibility index (Phi) is 2.78. The van der Waals surface area contributed by atoms with Crippen molar-refractivity contribution in [1.82, 2.24) is 5.32 Å². The molecule has 20 heavy (non-hydrogen) atoms. The molecule has 0 radical (unpaired) electrons. The molecule has 2 aromatic rings. The highest BCUT2D eigenvalue weighted by molar-refractivity contribution is 5.66. The van der Waals surface area contributed by atoms with Crippen LogP contribution in [0.5, 0.6) is 5.75 Å². The van der Waals surface area contributed by atoms with E-state index in [1.54, 1.807) is 12.7 Å². The van der Waals surface area contributed by atoms with Crippen LogP contribution in [0, 0.1) is 0 Å². The van der Waals surface area contributed by atoms with E-state index in [1.165, 1.54) is 29.5 Å². The summed E-state index contributed by atoms with van der Waals surface area (Å²) in [5.41, 5.74) is 5.65. The average Bonchev–Trinajstić information content (AvgIpc) is 2.78. The number of ether oxygens (including phenoxy) is 1. The molecule has 0 amide bonds. The largest absolute Gasteiger partial charge is 0.497 e. The summed E-state index contributed by atoms with van der Waals surface area (Å²) in [5.74, 6) is 1.69. The lowest BCUT2D eigenvalue weighted by Crippen LogP contribution is -2.25. The first kappa shape index (κ1) is 12.0. The van der Waals surface area contributed by atoms with Crippen molar-refractivity contribution in [2.75, 3.05) is 13.7 Å². The SMILES string of the molecule is COc1ccc(-c2ccc3c(c2)[C@H]2CC3CCN2)cc1. The Bertz CT molecular complexity index is 632. The molecule has 0 saturated carbocycles. The van der Waals surface area contributed by atoms with Gasteiger partial charge in [-0.2, -0.15) is 0 Å². The fraction of sp³-hybridized carbons (Fsp3) is 0.333. The van der Waals surface area contributed by atoms with Crippen LogP contribution in [0.1, 0.15) is 35.9 Å². The molecule has 2 aromatic carbocycles. The van der Waals surface area contributed by atoms with Gasteiger partial charge in [0.2, 0.25) is 0 Å². The minimum Gasteiger partial charge on any atom is -0.497 e. The summed E-state index contributed by atoms with van der Waals surface area (Å²) in [6.45, 7) is 1.15. The number of nitrogens with one attached hydrogen (secondary N) is 1. The van der Waals surface area contributed by atoms with E-state index in [4.69, 9.17) is 4.74 Å². The molecule has 2 aliphatic rings. The highest BCUT2D eigenvalue weighted by Crippen LogP contribution is 2.45. The molecule has 1 N–H and O–H groups in total. The van der Waals surface area contributed by atoms with Crippen LogP contribution in [0.4, 0.5) is 0 Å². The van der Waals surface area contributed by atoms with Crippen molar-refractivity contribution in [1.29, 1.82) is 0 Å². The number of piperidine rings is 1. The third-order valence-corrected chi connectivity index (χ3v) is 4.73. The molecular formula is C18H19NO. The molecule has 2 atom stereocenters. The first-order valence-electron chi connectivity index (χ1n) is 7.37. The maximum Gasteiger partial charge on any atom is 0.118 e. The molecule has 4 rings (SSSR count). The van der Waals surface area contributed by atoms with E-state index in [0.717, 1.165) is 18.2 Å². The van der Waals surface area contributed by atoms with Gasteiger partial charge in [-0.1, -0.05) is 24.3 Å². The smallest absolute Gasteiger partial charge is 0.118 e. The minimum absolute atomic E-state index is 0.571. The van der Waals surface area contributed by atoms with Crippen LogP contribution >= 0.6 is 0 Å². The zero-order chi connectivity index (χ0) is 13.5. The molecule has 1 fully saturated rings. The van der Waals surface area contributed by atoms with Gasteiger partial charge in [-0.15, -0.1) is 0 Å². The number of benzene rings is 2. The van der Waals surface area contributed by atoms with E-state index in [-0.39, 0.29) is 0 Å². The maximum absolute atomic E-state index is 5.23. The number of hydrogen-bond donors (Lipinski definition) is 1. The summed E-state index contributed by atoms with van der Waals surface area (Å²) in [7, 11) is 1.70. The number of rotatable bonds is 2. The predicted octanol–water partition coefficient (Wildman–Crippen LogP) is 3.88. The van der Waals surface area contributed by atoms with E-state index in [0.29, 0.717) is 6.04 Å². The lowest BCUT2D eigenvalue weighted by Gasteiger charge is -2.20. The van der Waals surface area contributed by atoms with Crippen molar-refractivity contribution in [3.05, 3.63) is 53.6 Å². The fourth-order valence-corrected chi connectivity index (χ4v) is 3.65. The van der Waals surface area contributed by atoms with E-state index in [9.17, 15) is 0 Å². The molecule has 0 spiro atoms. The number of methoxy groups -OCH3 is 1. The lowest BCUT2D eigenvalue weighted by atomic mass is 9.95. The van der Waals surface area contributed by atoms with Gasteiger partial charge in [-0.3, -0.25) is 0 Å². The van der Waals surface area contributed by atoms with E-state index in [1.807, 2.05) is 12.1 Å². The van der Waals surface area contributed by atoms with Crippen molar-refractivity contribution in [2.45, 2.75) is 24.8 Å². The summed E-state index contributed by atoms with van der Waals surface area (Å²) in [6, 6.07) is 15.9. The monoisotopic (exact) mass is 265 g/mol. The van der Waals surface area contributed by atoms with Gasteiger partial charge in [0.05, 0.1) is 7.11 Å². The molecule has 102 valence electrons. The van der Waals surface area contributed by atoms with Crippen LogP contribution in [0.2, 0.25) is 0 Å². The molecule has 1 saturated heterocycles. The van der Waals surface area contributed by atoms with Gasteiger partial charge in [0.15, 0.2) is 0 Å². The topological polar surface area (TPSA) is 21.3 Å². The number of fused-ring (bicyclic) bond motifs is 5. The third-order valence-electron chi connectivity index (χ3n) is 4.73. The zero-order valence-electron chi connectivity index (χ0n) is 11.7. The van der Waals surface area contributed by atoms with Crippen LogP contribution in [-0.2, 0) is 0 Å². The van der Waals surface area contributed by atoms with Crippen molar-refractivity contribution in [3.63, 3.8) is 0 Å². The van der Waals surface area contributed by atoms with Gasteiger partial charge in [-0.25, -0.2) is 0 Å². The normalized spacial score (nSPS) is 23.4. The van der Waals surface area contributed by atoms with Gasteiger partial charge in [0, 0.05) is 6.04 Å². The van der Waals surface area contributed by atoms with Crippen molar-refractivity contribution >= 4 is 0 Å². The van der Waals surface area contributed by atoms with Crippen LogP contribution < -0.4 is 10.1 Å². The van der Waals surface area contributed by atoms with E-state index >= 15 is 0 Å². The zero-order valence-corrected chi connectivity index (χ0v) is 11.7. The molecule has 1 aliphatic heterocycles. The Morgan fingerprint density at radius 1 is 1.00 bits per heavy atom. The first-order chi connectivity index (χ1) is 9.85. The predicted molar refractivity (Wildman–Crippen MR) is 81.1 cm³/mol. The van der Waals surface area contributed by atoms with Crippen LogP contribution in [0.25, 0.3) is 11.1 Å². The Labute approximate surface area is 119 Å². The molecule has 1 aliphatic carbocycles. The van der Waals surface area contributed by atoms with E-state index < -0.39 is 0 Å². The second kappa shape index (κ2) is 4.64. The van der Waals surface area contributed by atoms with E-state index in [2.05, 4.69) is 35.6 Å².